The van der Waals surface area contributed by atoms with Crippen LogP contribution in [0.5, 0.6) is 0 Å². The molecule has 1 atom stereocenters. The van der Waals surface area contributed by atoms with Crippen LogP contribution in [0.1, 0.15) is 17.8 Å². The SMILES string of the molecule is FC(F)(F)c1c(-c2ccc3ncccc3c2)ccn2c(CC3CC3(F)F)nnc12. The molecule has 0 bridgehead atoms. The molecule has 0 aliphatic heterocycles. The second-order valence-corrected chi connectivity index (χ2v) is 7.19. The molecule has 0 spiro atoms. The first-order chi connectivity index (χ1) is 13.7. The van der Waals surface area contributed by atoms with Crippen LogP contribution in [0.2, 0.25) is 0 Å². The molecule has 0 amide bonds. The van der Waals surface area contributed by atoms with Crippen LogP contribution in [0.15, 0.2) is 48.8 Å². The maximum absolute atomic E-state index is 14.0. The van der Waals surface area contributed by atoms with Crippen molar-refractivity contribution >= 4 is 16.6 Å². The lowest BCUT2D eigenvalue weighted by atomic mass is 9.99. The van der Waals surface area contributed by atoms with Crippen molar-refractivity contribution < 1.29 is 22.0 Å². The van der Waals surface area contributed by atoms with Crippen molar-refractivity contribution in [2.45, 2.75) is 24.9 Å². The van der Waals surface area contributed by atoms with E-state index in [9.17, 15) is 22.0 Å². The third-order valence-corrected chi connectivity index (χ3v) is 5.23. The van der Waals surface area contributed by atoms with Crippen LogP contribution in [0.3, 0.4) is 0 Å². The van der Waals surface area contributed by atoms with Gasteiger partial charge in [-0.25, -0.2) is 8.78 Å². The van der Waals surface area contributed by atoms with Gasteiger partial charge >= 0.3 is 6.18 Å². The highest BCUT2D eigenvalue weighted by Crippen LogP contribution is 2.50. The number of aromatic nitrogens is 4. The van der Waals surface area contributed by atoms with E-state index in [2.05, 4.69) is 15.2 Å². The molecule has 4 aromatic rings. The highest BCUT2D eigenvalue weighted by Gasteiger charge is 2.57. The summed E-state index contributed by atoms with van der Waals surface area (Å²) in [5.74, 6) is -3.59. The molecule has 1 aliphatic carbocycles. The monoisotopic (exact) mass is 404 g/mol. The van der Waals surface area contributed by atoms with Gasteiger partial charge in [0.25, 0.3) is 5.92 Å². The largest absolute Gasteiger partial charge is 0.420 e. The Balaban J connectivity index is 1.67. The lowest BCUT2D eigenvalue weighted by Gasteiger charge is -2.14. The smallest absolute Gasteiger partial charge is 0.286 e. The number of nitrogens with zero attached hydrogens (tertiary/aromatic N) is 4. The van der Waals surface area contributed by atoms with Crippen molar-refractivity contribution in [3.63, 3.8) is 0 Å². The van der Waals surface area contributed by atoms with Gasteiger partial charge in [0.05, 0.1) is 5.52 Å². The Morgan fingerprint density at radius 2 is 1.90 bits per heavy atom. The van der Waals surface area contributed by atoms with Crippen molar-refractivity contribution in [3.8, 4) is 11.1 Å². The van der Waals surface area contributed by atoms with Gasteiger partial charge in [-0.15, -0.1) is 10.2 Å². The van der Waals surface area contributed by atoms with Gasteiger partial charge in [0.2, 0.25) is 0 Å². The van der Waals surface area contributed by atoms with Crippen molar-refractivity contribution in [2.75, 3.05) is 0 Å². The maximum atomic E-state index is 14.0. The summed E-state index contributed by atoms with van der Waals surface area (Å²) in [5, 5.41) is 8.17. The third kappa shape index (κ3) is 3.01. The molecule has 5 rings (SSSR count). The Morgan fingerprint density at radius 3 is 2.62 bits per heavy atom. The average Bonchev–Trinajstić information content (AvgIpc) is 3.08. The van der Waals surface area contributed by atoms with Gasteiger partial charge in [0.15, 0.2) is 5.65 Å². The lowest BCUT2D eigenvalue weighted by molar-refractivity contribution is -0.136. The van der Waals surface area contributed by atoms with E-state index in [-0.39, 0.29) is 29.9 Å². The van der Waals surface area contributed by atoms with Crippen molar-refractivity contribution in [1.29, 1.82) is 0 Å². The van der Waals surface area contributed by atoms with Crippen LogP contribution in [-0.2, 0) is 12.6 Å². The summed E-state index contributed by atoms with van der Waals surface area (Å²) in [6.07, 6.45) is -2.08. The Labute approximate surface area is 161 Å². The zero-order chi connectivity index (χ0) is 20.4. The summed E-state index contributed by atoms with van der Waals surface area (Å²) >= 11 is 0. The van der Waals surface area contributed by atoms with Gasteiger partial charge < -0.3 is 0 Å². The van der Waals surface area contributed by atoms with Crippen molar-refractivity contribution in [2.24, 2.45) is 5.92 Å². The van der Waals surface area contributed by atoms with E-state index in [1.807, 2.05) is 0 Å². The molecule has 4 nitrogen and oxygen atoms in total. The zero-order valence-electron chi connectivity index (χ0n) is 14.8. The molecule has 3 aromatic heterocycles. The topological polar surface area (TPSA) is 43.1 Å². The minimum absolute atomic E-state index is 0.0496. The van der Waals surface area contributed by atoms with E-state index in [0.29, 0.717) is 16.5 Å². The Kier molecular flexibility index (Phi) is 3.68. The molecule has 0 saturated heterocycles. The predicted octanol–water partition coefficient (Wildman–Crippen LogP) is 5.16. The third-order valence-electron chi connectivity index (χ3n) is 5.23. The highest BCUT2D eigenvalue weighted by molar-refractivity contribution is 5.86. The highest BCUT2D eigenvalue weighted by atomic mass is 19.4. The van der Waals surface area contributed by atoms with E-state index in [1.165, 1.54) is 12.3 Å². The number of alkyl halides is 5. The fraction of sp³-hybridized carbons (Fsp3) is 0.250. The molecular weight excluding hydrogens is 391 g/mol. The Morgan fingerprint density at radius 1 is 1.10 bits per heavy atom. The molecule has 9 heteroatoms. The number of hydrogen-bond donors (Lipinski definition) is 0. The summed E-state index contributed by atoms with van der Waals surface area (Å²) in [6, 6.07) is 9.65. The van der Waals surface area contributed by atoms with Gasteiger partial charge in [-0.1, -0.05) is 12.1 Å². The van der Waals surface area contributed by atoms with Gasteiger partial charge in [-0.05, 0) is 35.4 Å². The Hall–Kier alpha value is -3.10. The number of hydrogen-bond acceptors (Lipinski definition) is 3. The fourth-order valence-corrected chi connectivity index (χ4v) is 3.62. The summed E-state index contributed by atoms with van der Waals surface area (Å²) in [5.41, 5.74) is -0.351. The molecule has 1 saturated carbocycles. The quantitative estimate of drug-likeness (QED) is 0.443. The summed E-state index contributed by atoms with van der Waals surface area (Å²) < 4.78 is 69.5. The first-order valence-corrected chi connectivity index (χ1v) is 8.91. The number of rotatable bonds is 3. The molecule has 0 radical (unpaired) electrons. The van der Waals surface area contributed by atoms with Crippen LogP contribution in [0.4, 0.5) is 22.0 Å². The molecule has 1 unspecified atom stereocenters. The van der Waals surface area contributed by atoms with Crippen LogP contribution in [-0.4, -0.2) is 25.5 Å². The van der Waals surface area contributed by atoms with E-state index < -0.39 is 23.6 Å². The molecule has 0 N–H and O–H groups in total. The van der Waals surface area contributed by atoms with E-state index in [1.54, 1.807) is 36.5 Å². The second-order valence-electron chi connectivity index (χ2n) is 7.19. The van der Waals surface area contributed by atoms with Gasteiger partial charge in [-0.3, -0.25) is 9.38 Å². The van der Waals surface area contributed by atoms with E-state index >= 15 is 0 Å². The molecule has 148 valence electrons. The van der Waals surface area contributed by atoms with Crippen LogP contribution >= 0.6 is 0 Å². The van der Waals surface area contributed by atoms with Crippen LogP contribution in [0, 0.1) is 5.92 Å². The fourth-order valence-electron chi connectivity index (χ4n) is 3.62. The molecule has 29 heavy (non-hydrogen) atoms. The van der Waals surface area contributed by atoms with E-state index in [0.717, 1.165) is 4.40 Å². The maximum Gasteiger partial charge on any atom is 0.420 e. The van der Waals surface area contributed by atoms with Gasteiger partial charge in [0, 0.05) is 36.5 Å². The molecule has 1 fully saturated rings. The second kappa shape index (κ2) is 5.95. The molecule has 1 aliphatic rings. The number of halogens is 5. The van der Waals surface area contributed by atoms with Crippen LogP contribution < -0.4 is 0 Å². The summed E-state index contributed by atoms with van der Waals surface area (Å²) in [6.45, 7) is 0. The minimum atomic E-state index is -4.70. The molecule has 3 heterocycles. The van der Waals surface area contributed by atoms with Gasteiger partial charge in [0.1, 0.15) is 11.4 Å². The summed E-state index contributed by atoms with van der Waals surface area (Å²) in [4.78, 5) is 4.18. The first kappa shape index (κ1) is 18.0. The Bertz CT molecular complexity index is 1240. The van der Waals surface area contributed by atoms with Crippen molar-refractivity contribution in [1.82, 2.24) is 19.6 Å². The van der Waals surface area contributed by atoms with E-state index in [4.69, 9.17) is 0 Å². The molecule has 1 aromatic carbocycles. The van der Waals surface area contributed by atoms with Crippen LogP contribution in [0.25, 0.3) is 27.7 Å². The average molecular weight is 404 g/mol. The van der Waals surface area contributed by atoms with Crippen molar-refractivity contribution in [3.05, 3.63) is 60.2 Å². The first-order valence-electron chi connectivity index (χ1n) is 8.91. The van der Waals surface area contributed by atoms with Gasteiger partial charge in [-0.2, -0.15) is 13.2 Å². The lowest BCUT2D eigenvalue weighted by Crippen LogP contribution is -2.11. The summed E-state index contributed by atoms with van der Waals surface area (Å²) in [7, 11) is 0. The number of benzene rings is 1. The molecular formula is C20H13F5N4. The number of fused-ring (bicyclic) bond motifs is 2. The normalized spacial score (nSPS) is 18.4. The number of pyridine rings is 2. The predicted molar refractivity (Wildman–Crippen MR) is 95.5 cm³/mol. The standard InChI is InChI=1S/C20H13F5N4/c21-19(22)10-13(19)9-16-27-28-18-17(20(23,24)25)14(5-7-29(16)18)11-3-4-15-12(8-11)2-1-6-26-15/h1-8,13H,9-10H2. The zero-order valence-corrected chi connectivity index (χ0v) is 14.8. The minimum Gasteiger partial charge on any atom is -0.286 e.